The minimum atomic E-state index is -1.78. The zero-order valence-electron chi connectivity index (χ0n) is 15.1. The van der Waals surface area contributed by atoms with Crippen LogP contribution in [0.15, 0.2) is 11.1 Å². The number of carbonyl (C=O) groups excluding carboxylic acids is 1. The molecule has 3 rings (SSSR count). The number of nitrogens with one attached hydrogen (secondary N) is 2. The van der Waals surface area contributed by atoms with Gasteiger partial charge in [0, 0.05) is 11.8 Å². The summed E-state index contributed by atoms with van der Waals surface area (Å²) in [5.74, 6) is -3.17. The molecule has 1 saturated heterocycles. The lowest BCUT2D eigenvalue weighted by molar-refractivity contribution is -0.139. The lowest BCUT2D eigenvalue weighted by Crippen LogP contribution is -2.27. The van der Waals surface area contributed by atoms with Crippen LogP contribution in [0, 0.1) is 11.8 Å². The second-order valence-corrected chi connectivity index (χ2v) is 6.84. The summed E-state index contributed by atoms with van der Waals surface area (Å²) in [6.07, 6.45) is -3.51. The molecule has 3 heterocycles. The van der Waals surface area contributed by atoms with Crippen molar-refractivity contribution in [2.24, 2.45) is 11.8 Å². The summed E-state index contributed by atoms with van der Waals surface area (Å²) in [6, 6.07) is 0. The maximum absolute atomic E-state index is 14.9. The Labute approximate surface area is 157 Å². The second kappa shape index (κ2) is 7.64. The number of aromatic nitrogens is 4. The summed E-state index contributed by atoms with van der Waals surface area (Å²) in [4.78, 5) is 45.5. The number of ether oxygens (including phenoxy) is 1. The molecule has 2 aromatic rings. The van der Waals surface area contributed by atoms with E-state index in [0.29, 0.717) is 0 Å². The number of hydrogen-bond acceptors (Lipinski definition) is 7. The molecule has 28 heavy (non-hydrogen) atoms. The molecule has 4 atom stereocenters. The molecule has 0 bridgehead atoms. The van der Waals surface area contributed by atoms with Gasteiger partial charge in [0.25, 0.3) is 5.56 Å². The number of aliphatic hydroxyl groups excluding tert-OH is 1. The number of H-pyrrole nitrogens is 1. The smallest absolute Gasteiger partial charge is 0.303 e. The second-order valence-electron chi connectivity index (χ2n) is 6.84. The lowest BCUT2D eigenvalue weighted by Gasteiger charge is -2.16. The number of carboxylic acids is 1. The summed E-state index contributed by atoms with van der Waals surface area (Å²) >= 11 is 0. The number of aliphatic hydroxyl groups is 1. The monoisotopic (exact) mass is 397 g/mol. The van der Waals surface area contributed by atoms with Crippen molar-refractivity contribution in [2.75, 3.05) is 11.9 Å². The molecule has 2 aromatic heterocycles. The number of carbonyl (C=O) groups is 2. The topological polar surface area (TPSA) is 159 Å². The Kier molecular flexibility index (Phi) is 5.42. The first-order valence-corrected chi connectivity index (χ1v) is 8.62. The Balaban J connectivity index is 1.99. The standard InChI is InChI=1S/C16H20FN5O6/c1-6(2)13(26)20-16-19-12-11(14(27)21-16)18-5-22(12)15-10(17)7(3-9(24)25)8(4-23)28-15/h5-8,10,15,23H,3-4H2,1-2H3,(H,24,25)(H2,19,20,21,26,27)/t7-,8-,10-,15-/m1/s1. The first kappa shape index (κ1) is 19.9. The van der Waals surface area contributed by atoms with Crippen LogP contribution in [0.4, 0.5) is 10.3 Å². The highest BCUT2D eigenvalue weighted by molar-refractivity contribution is 5.91. The fraction of sp³-hybridized carbons (Fsp3) is 0.562. The van der Waals surface area contributed by atoms with E-state index in [4.69, 9.17) is 9.84 Å². The Morgan fingerprint density at radius 3 is 2.79 bits per heavy atom. The zero-order chi connectivity index (χ0) is 20.6. The third kappa shape index (κ3) is 3.60. The van der Waals surface area contributed by atoms with Gasteiger partial charge in [-0.3, -0.25) is 29.3 Å². The van der Waals surface area contributed by atoms with Crippen LogP contribution in [0.5, 0.6) is 0 Å². The van der Waals surface area contributed by atoms with Gasteiger partial charge in [0.15, 0.2) is 23.6 Å². The maximum Gasteiger partial charge on any atom is 0.303 e. The highest BCUT2D eigenvalue weighted by Crippen LogP contribution is 2.39. The number of halogens is 1. The number of rotatable bonds is 6. The third-order valence-corrected chi connectivity index (χ3v) is 4.54. The van der Waals surface area contributed by atoms with Gasteiger partial charge in [0.1, 0.15) is 0 Å². The predicted octanol–water partition coefficient (Wildman–Crippen LogP) is 0.0328. The molecule has 0 spiro atoms. The van der Waals surface area contributed by atoms with Gasteiger partial charge in [0.05, 0.1) is 25.5 Å². The minimum Gasteiger partial charge on any atom is -0.481 e. The largest absolute Gasteiger partial charge is 0.481 e. The van der Waals surface area contributed by atoms with Crippen LogP contribution in [-0.4, -0.2) is 60.5 Å². The Morgan fingerprint density at radius 2 is 2.18 bits per heavy atom. The van der Waals surface area contributed by atoms with Gasteiger partial charge >= 0.3 is 5.97 Å². The fourth-order valence-electron chi connectivity index (χ4n) is 3.05. The summed E-state index contributed by atoms with van der Waals surface area (Å²) in [5.41, 5.74) is -0.777. The number of carboxylic acid groups (broad SMARTS) is 1. The van der Waals surface area contributed by atoms with Crippen molar-refractivity contribution in [2.45, 2.75) is 38.8 Å². The quantitative estimate of drug-likeness (QED) is 0.531. The number of alkyl halides is 1. The van der Waals surface area contributed by atoms with Gasteiger partial charge in [-0.05, 0) is 0 Å². The van der Waals surface area contributed by atoms with Crippen LogP contribution < -0.4 is 10.9 Å². The molecule has 0 radical (unpaired) electrons. The normalized spacial score (nSPS) is 24.8. The van der Waals surface area contributed by atoms with Crippen LogP contribution in [0.1, 0.15) is 26.5 Å². The number of anilines is 1. The Bertz CT molecular complexity index is 957. The van der Waals surface area contributed by atoms with Crippen LogP contribution >= 0.6 is 0 Å². The molecule has 1 fully saturated rings. The van der Waals surface area contributed by atoms with Crippen LogP contribution in [0.3, 0.4) is 0 Å². The van der Waals surface area contributed by atoms with E-state index in [1.807, 2.05) is 0 Å². The van der Waals surface area contributed by atoms with E-state index in [9.17, 15) is 23.9 Å². The minimum absolute atomic E-state index is 0.0388. The molecule has 4 N–H and O–H groups in total. The van der Waals surface area contributed by atoms with E-state index in [1.54, 1.807) is 13.8 Å². The zero-order valence-corrected chi connectivity index (χ0v) is 15.1. The maximum atomic E-state index is 14.9. The lowest BCUT2D eigenvalue weighted by atomic mass is 9.95. The summed E-state index contributed by atoms with van der Waals surface area (Å²) < 4.78 is 21.6. The van der Waals surface area contributed by atoms with Gasteiger partial charge in [-0.2, -0.15) is 4.98 Å². The SMILES string of the molecule is CC(C)C(=O)Nc1nc2c(ncn2[C@@H]2O[C@H](CO)[C@@H](CC(=O)O)[C@H]2F)c(=O)[nH]1. The van der Waals surface area contributed by atoms with E-state index in [1.165, 1.54) is 0 Å². The van der Waals surface area contributed by atoms with Gasteiger partial charge < -0.3 is 14.9 Å². The predicted molar refractivity (Wildman–Crippen MR) is 93.3 cm³/mol. The van der Waals surface area contributed by atoms with Crippen molar-refractivity contribution in [3.05, 3.63) is 16.7 Å². The summed E-state index contributed by atoms with van der Waals surface area (Å²) in [6.45, 7) is 2.76. The van der Waals surface area contributed by atoms with Crippen molar-refractivity contribution < 1.29 is 28.9 Å². The van der Waals surface area contributed by atoms with Crippen molar-refractivity contribution in [1.82, 2.24) is 19.5 Å². The van der Waals surface area contributed by atoms with Crippen molar-refractivity contribution in [3.63, 3.8) is 0 Å². The molecule has 0 aromatic carbocycles. The molecular formula is C16H20FN5O6. The molecule has 152 valence electrons. The van der Waals surface area contributed by atoms with Crippen LogP contribution in [-0.2, 0) is 14.3 Å². The first-order chi connectivity index (χ1) is 13.2. The molecule has 0 unspecified atom stereocenters. The van der Waals surface area contributed by atoms with Gasteiger partial charge in [0.2, 0.25) is 11.9 Å². The number of fused-ring (bicyclic) bond motifs is 1. The van der Waals surface area contributed by atoms with E-state index < -0.39 is 49.0 Å². The van der Waals surface area contributed by atoms with Crippen molar-refractivity contribution in [1.29, 1.82) is 0 Å². The number of amides is 1. The van der Waals surface area contributed by atoms with Gasteiger partial charge in [-0.1, -0.05) is 13.8 Å². The van der Waals surface area contributed by atoms with E-state index in [-0.39, 0.29) is 28.9 Å². The van der Waals surface area contributed by atoms with E-state index in [0.717, 1.165) is 10.9 Å². The average molecular weight is 397 g/mol. The molecule has 0 saturated carbocycles. The molecular weight excluding hydrogens is 377 g/mol. The highest BCUT2D eigenvalue weighted by atomic mass is 19.1. The van der Waals surface area contributed by atoms with Gasteiger partial charge in [-0.15, -0.1) is 0 Å². The number of hydrogen-bond donors (Lipinski definition) is 4. The highest BCUT2D eigenvalue weighted by Gasteiger charge is 2.47. The summed E-state index contributed by atoms with van der Waals surface area (Å²) in [5, 5.41) is 20.8. The molecule has 12 heteroatoms. The Hall–Kier alpha value is -2.86. The number of nitrogens with zero attached hydrogens (tertiary/aromatic N) is 3. The molecule has 1 aliphatic heterocycles. The number of imidazole rings is 1. The average Bonchev–Trinajstić information content (AvgIpc) is 3.16. The van der Waals surface area contributed by atoms with Crippen LogP contribution in [0.2, 0.25) is 0 Å². The first-order valence-electron chi connectivity index (χ1n) is 8.62. The van der Waals surface area contributed by atoms with Gasteiger partial charge in [-0.25, -0.2) is 9.37 Å². The number of aliphatic carboxylic acids is 1. The molecule has 1 aliphatic rings. The van der Waals surface area contributed by atoms with E-state index >= 15 is 0 Å². The van der Waals surface area contributed by atoms with E-state index in [2.05, 4.69) is 20.3 Å². The van der Waals surface area contributed by atoms with Crippen molar-refractivity contribution >= 4 is 29.0 Å². The van der Waals surface area contributed by atoms with Crippen LogP contribution in [0.25, 0.3) is 11.2 Å². The summed E-state index contributed by atoms with van der Waals surface area (Å²) in [7, 11) is 0. The molecule has 0 aliphatic carbocycles. The Morgan fingerprint density at radius 1 is 1.46 bits per heavy atom. The fourth-order valence-corrected chi connectivity index (χ4v) is 3.05. The number of aromatic amines is 1. The molecule has 11 nitrogen and oxygen atoms in total. The third-order valence-electron chi connectivity index (χ3n) is 4.54. The van der Waals surface area contributed by atoms with Crippen molar-refractivity contribution in [3.8, 4) is 0 Å². The molecule has 1 amide bonds.